The third-order valence-electron chi connectivity index (χ3n) is 9.93. The molecule has 1 aliphatic carbocycles. The summed E-state index contributed by atoms with van der Waals surface area (Å²) in [7, 11) is 1.89. The topological polar surface area (TPSA) is 124 Å². The third kappa shape index (κ3) is 7.38. The molecule has 1 saturated carbocycles. The number of hydrogen-bond acceptors (Lipinski definition) is 6. The van der Waals surface area contributed by atoms with Crippen molar-refractivity contribution in [3.05, 3.63) is 88.6 Å². The van der Waals surface area contributed by atoms with Crippen LogP contribution >= 0.6 is 0 Å². The van der Waals surface area contributed by atoms with Gasteiger partial charge in [0.05, 0.1) is 11.8 Å². The predicted octanol–water partition coefficient (Wildman–Crippen LogP) is 4.28. The maximum Gasteiger partial charge on any atom is 0.244 e. The fraction of sp³-hybridized carbons (Fsp3) is 0.432. The van der Waals surface area contributed by atoms with E-state index in [2.05, 4.69) is 20.9 Å². The Morgan fingerprint density at radius 2 is 1.74 bits per heavy atom. The Hall–Kier alpha value is -4.57. The molecule has 1 aromatic heterocycles. The summed E-state index contributed by atoms with van der Waals surface area (Å²) in [5.74, 6) is 0.432. The summed E-state index contributed by atoms with van der Waals surface area (Å²) in [6, 6.07) is 17.4. The summed E-state index contributed by atoms with van der Waals surface area (Å²) >= 11 is 0. The molecule has 0 unspecified atom stereocenters. The minimum Gasteiger partial charge on any atom is -0.342 e. The summed E-state index contributed by atoms with van der Waals surface area (Å²) < 4.78 is 0. The second-order valence-electron chi connectivity index (χ2n) is 13.1. The van der Waals surface area contributed by atoms with Gasteiger partial charge in [-0.25, -0.2) is 4.98 Å². The number of amides is 4. The zero-order valence-electron chi connectivity index (χ0n) is 27.3. The van der Waals surface area contributed by atoms with E-state index in [9.17, 15) is 19.2 Å². The van der Waals surface area contributed by atoms with Crippen molar-refractivity contribution in [2.45, 2.75) is 65.0 Å². The number of nitrogens with one attached hydrogen (secondary N) is 3. The van der Waals surface area contributed by atoms with Gasteiger partial charge in [0, 0.05) is 50.4 Å². The van der Waals surface area contributed by atoms with Gasteiger partial charge in [-0.15, -0.1) is 0 Å². The molecule has 0 bridgehead atoms. The standard InChI is InChI=1S/C37H44N6O4/c1-3-37(14-17-42(18-15-37)35(46)25-10-11-25)36(47)43(23-29-8-5-4-7-28(29)22-38-2)24-33(45)40-31-13-12-26-19-27-9-6-16-39-34(27)41-32(44)21-30(26)20-31/h4-9,12-13,16,20,25,38H,3,10-11,14-15,17-19,21-24H2,1-2H3,(H,40,45)(H,39,41,44). The van der Waals surface area contributed by atoms with Crippen LogP contribution in [0, 0.1) is 11.3 Å². The number of benzene rings is 2. The second-order valence-corrected chi connectivity index (χ2v) is 13.1. The number of fused-ring (bicyclic) bond motifs is 2. The largest absolute Gasteiger partial charge is 0.342 e. The van der Waals surface area contributed by atoms with Crippen molar-refractivity contribution in [1.82, 2.24) is 20.1 Å². The average Bonchev–Trinajstić information content (AvgIpc) is 3.92. The number of carbonyl (C=O) groups is 4. The van der Waals surface area contributed by atoms with Gasteiger partial charge in [0.25, 0.3) is 0 Å². The van der Waals surface area contributed by atoms with E-state index in [0.717, 1.165) is 40.7 Å². The molecule has 47 heavy (non-hydrogen) atoms. The molecule has 246 valence electrons. The van der Waals surface area contributed by atoms with E-state index < -0.39 is 5.41 Å². The minimum absolute atomic E-state index is 0.0462. The first-order chi connectivity index (χ1) is 22.8. The number of nitrogens with zero attached hydrogens (tertiary/aromatic N) is 3. The summed E-state index contributed by atoms with van der Waals surface area (Å²) in [5, 5.41) is 9.10. The first kappa shape index (κ1) is 32.4. The molecule has 0 atom stereocenters. The zero-order chi connectivity index (χ0) is 33.0. The quantitative estimate of drug-likeness (QED) is 0.305. The monoisotopic (exact) mass is 636 g/mol. The number of carbonyl (C=O) groups excluding carboxylic acids is 4. The Labute approximate surface area is 276 Å². The number of pyridine rings is 1. The molecule has 10 heteroatoms. The maximum absolute atomic E-state index is 14.5. The van der Waals surface area contributed by atoms with Crippen LogP contribution in [0.4, 0.5) is 11.5 Å². The van der Waals surface area contributed by atoms with Gasteiger partial charge in [-0.3, -0.25) is 19.2 Å². The molecule has 3 heterocycles. The van der Waals surface area contributed by atoms with Crippen molar-refractivity contribution >= 4 is 35.1 Å². The first-order valence-electron chi connectivity index (χ1n) is 16.7. The van der Waals surface area contributed by atoms with E-state index >= 15 is 0 Å². The van der Waals surface area contributed by atoms with E-state index in [-0.39, 0.29) is 42.5 Å². The van der Waals surface area contributed by atoms with Crippen LogP contribution in [0.5, 0.6) is 0 Å². The van der Waals surface area contributed by atoms with Crippen LogP contribution in [-0.4, -0.2) is 65.1 Å². The van der Waals surface area contributed by atoms with Gasteiger partial charge in [0.2, 0.25) is 23.6 Å². The number of rotatable bonds is 10. The summed E-state index contributed by atoms with van der Waals surface area (Å²) in [4.78, 5) is 61.7. The highest BCUT2D eigenvalue weighted by Crippen LogP contribution is 2.40. The van der Waals surface area contributed by atoms with Crippen molar-refractivity contribution in [3.8, 4) is 0 Å². The van der Waals surface area contributed by atoms with Crippen molar-refractivity contribution in [3.63, 3.8) is 0 Å². The summed E-state index contributed by atoms with van der Waals surface area (Å²) in [6.07, 6.45) is 6.18. The molecule has 10 nitrogen and oxygen atoms in total. The van der Waals surface area contributed by atoms with Crippen LogP contribution in [0.1, 0.15) is 66.8 Å². The van der Waals surface area contributed by atoms with Gasteiger partial charge in [-0.2, -0.15) is 0 Å². The smallest absolute Gasteiger partial charge is 0.244 e. The molecular formula is C37H44N6O4. The Morgan fingerprint density at radius 1 is 0.979 bits per heavy atom. The highest BCUT2D eigenvalue weighted by Gasteiger charge is 2.45. The number of hydrogen-bond donors (Lipinski definition) is 3. The highest BCUT2D eigenvalue weighted by molar-refractivity contribution is 5.96. The molecule has 0 spiro atoms. The fourth-order valence-corrected chi connectivity index (χ4v) is 6.94. The molecule has 0 radical (unpaired) electrons. The van der Waals surface area contributed by atoms with Crippen LogP contribution in [0.25, 0.3) is 0 Å². The second kappa shape index (κ2) is 14.0. The van der Waals surface area contributed by atoms with Crippen LogP contribution in [0.3, 0.4) is 0 Å². The number of piperidine rings is 1. The van der Waals surface area contributed by atoms with E-state index in [1.807, 2.05) is 73.5 Å². The lowest BCUT2D eigenvalue weighted by molar-refractivity contribution is -0.150. The molecule has 2 aliphatic heterocycles. The Morgan fingerprint density at radius 3 is 2.47 bits per heavy atom. The molecular weight excluding hydrogens is 592 g/mol. The molecule has 6 rings (SSSR count). The molecule has 3 aliphatic rings. The molecule has 1 saturated heterocycles. The van der Waals surface area contributed by atoms with Gasteiger partial charge in [-0.05, 0) is 85.2 Å². The fourth-order valence-electron chi connectivity index (χ4n) is 6.94. The van der Waals surface area contributed by atoms with Gasteiger partial charge in [0.1, 0.15) is 12.4 Å². The van der Waals surface area contributed by atoms with Crippen molar-refractivity contribution in [2.75, 3.05) is 37.3 Å². The van der Waals surface area contributed by atoms with Gasteiger partial charge < -0.3 is 25.8 Å². The molecule has 2 fully saturated rings. The number of likely N-dealkylation sites (tertiary alicyclic amines) is 1. The molecule has 4 amide bonds. The predicted molar refractivity (Wildman–Crippen MR) is 180 cm³/mol. The molecule has 3 N–H and O–H groups in total. The minimum atomic E-state index is -0.639. The van der Waals surface area contributed by atoms with E-state index in [1.54, 1.807) is 11.1 Å². The van der Waals surface area contributed by atoms with Crippen molar-refractivity contribution < 1.29 is 19.2 Å². The summed E-state index contributed by atoms with van der Waals surface area (Å²) in [5.41, 5.74) is 4.76. The van der Waals surface area contributed by atoms with Gasteiger partial charge in [0.15, 0.2) is 0 Å². The Balaban J connectivity index is 1.21. The molecule has 3 aromatic rings. The van der Waals surface area contributed by atoms with E-state index in [1.165, 1.54) is 0 Å². The van der Waals surface area contributed by atoms with E-state index in [4.69, 9.17) is 0 Å². The lowest BCUT2D eigenvalue weighted by Crippen LogP contribution is -2.52. The Kier molecular flexibility index (Phi) is 9.68. The van der Waals surface area contributed by atoms with Gasteiger partial charge in [-0.1, -0.05) is 43.3 Å². The lowest BCUT2D eigenvalue weighted by atomic mass is 9.74. The van der Waals surface area contributed by atoms with Crippen LogP contribution in [-0.2, 0) is 45.1 Å². The molecule has 2 aromatic carbocycles. The zero-order valence-corrected chi connectivity index (χ0v) is 27.3. The maximum atomic E-state index is 14.5. The van der Waals surface area contributed by atoms with Crippen LogP contribution in [0.2, 0.25) is 0 Å². The van der Waals surface area contributed by atoms with Gasteiger partial charge >= 0.3 is 0 Å². The Bertz CT molecular complexity index is 1660. The lowest BCUT2D eigenvalue weighted by Gasteiger charge is -2.43. The number of anilines is 2. The van der Waals surface area contributed by atoms with Crippen LogP contribution < -0.4 is 16.0 Å². The highest BCUT2D eigenvalue weighted by atomic mass is 16.2. The average molecular weight is 637 g/mol. The SMILES string of the molecule is CCC1(C(=O)N(CC(=O)Nc2ccc3c(c2)CC(=O)Nc2ncccc2C3)Cc2ccccc2CNC)CCN(C(=O)C2CC2)CC1. The van der Waals surface area contributed by atoms with E-state index in [0.29, 0.717) is 63.4 Å². The third-order valence-corrected chi connectivity index (χ3v) is 9.93. The summed E-state index contributed by atoms with van der Waals surface area (Å²) in [6.45, 7) is 3.99. The normalized spacial score (nSPS) is 17.0. The van der Waals surface area contributed by atoms with Crippen LogP contribution in [0.15, 0.2) is 60.8 Å². The van der Waals surface area contributed by atoms with Crippen molar-refractivity contribution in [2.24, 2.45) is 11.3 Å². The number of aromatic nitrogens is 1. The van der Waals surface area contributed by atoms with Crippen molar-refractivity contribution in [1.29, 1.82) is 0 Å². The first-order valence-corrected chi connectivity index (χ1v) is 16.7.